The first-order chi connectivity index (χ1) is 24.8. The van der Waals surface area contributed by atoms with Gasteiger partial charge in [-0.1, -0.05) is 97.9 Å². The number of carboxylic acid groups (broad SMARTS) is 1. The number of carbonyl (C=O) groups is 2. The van der Waals surface area contributed by atoms with Gasteiger partial charge in [-0.05, 0) is 66.1 Å². The van der Waals surface area contributed by atoms with Crippen LogP contribution in [0.5, 0.6) is 11.5 Å². The number of aliphatic carboxylic acids is 1. The van der Waals surface area contributed by atoms with E-state index in [-0.39, 0.29) is 24.3 Å². The lowest BCUT2D eigenvalue weighted by Gasteiger charge is -2.42. The number of aromatic nitrogens is 1. The molecule has 6 rings (SSSR count). The molecule has 0 aliphatic carbocycles. The van der Waals surface area contributed by atoms with Gasteiger partial charge in [-0.2, -0.15) is 0 Å². The minimum Gasteiger partial charge on any atom is -0.493 e. The molecule has 0 saturated carbocycles. The molecule has 0 radical (unpaired) electrons. The predicted molar refractivity (Wildman–Crippen MR) is 201 cm³/mol. The van der Waals surface area contributed by atoms with Crippen LogP contribution >= 0.6 is 0 Å². The van der Waals surface area contributed by atoms with E-state index in [1.807, 2.05) is 74.5 Å². The van der Waals surface area contributed by atoms with Crippen LogP contribution in [-0.4, -0.2) is 71.2 Å². The molecule has 1 unspecified atom stereocenters. The van der Waals surface area contributed by atoms with E-state index in [0.717, 1.165) is 48.6 Å². The van der Waals surface area contributed by atoms with Gasteiger partial charge in [0.1, 0.15) is 0 Å². The largest absolute Gasteiger partial charge is 0.493 e. The van der Waals surface area contributed by atoms with Crippen molar-refractivity contribution in [2.75, 3.05) is 33.9 Å². The Kier molecular flexibility index (Phi) is 11.2. The molecule has 264 valence electrons. The van der Waals surface area contributed by atoms with Crippen LogP contribution in [0.15, 0.2) is 109 Å². The van der Waals surface area contributed by atoms with Crippen molar-refractivity contribution in [1.29, 1.82) is 0 Å². The summed E-state index contributed by atoms with van der Waals surface area (Å²) in [5, 5.41) is 9.71. The van der Waals surface area contributed by atoms with E-state index in [1.165, 1.54) is 11.1 Å². The Hall–Kier alpha value is -5.34. The molecule has 1 fully saturated rings. The predicted octanol–water partition coefficient (Wildman–Crippen LogP) is 8.01. The Balaban J connectivity index is 1.46. The molecule has 1 saturated heterocycles. The zero-order chi connectivity index (χ0) is 35.9. The summed E-state index contributed by atoms with van der Waals surface area (Å²) in [4.78, 5) is 31.4. The third-order valence-electron chi connectivity index (χ3n) is 9.96. The fourth-order valence-corrected chi connectivity index (χ4v) is 7.46. The van der Waals surface area contributed by atoms with Crippen molar-refractivity contribution >= 4 is 11.9 Å². The summed E-state index contributed by atoms with van der Waals surface area (Å²) in [5.74, 6) is -0.0919. The Morgan fingerprint density at radius 2 is 1.49 bits per heavy atom. The Morgan fingerprint density at radius 3 is 2.10 bits per heavy atom. The quantitative estimate of drug-likeness (QED) is 0.135. The Labute approximate surface area is 300 Å². The zero-order valence-electron chi connectivity index (χ0n) is 29.9. The molecule has 5 aromatic rings. The zero-order valence-corrected chi connectivity index (χ0v) is 29.9. The first kappa shape index (κ1) is 35.5. The van der Waals surface area contributed by atoms with Crippen molar-refractivity contribution in [3.05, 3.63) is 137 Å². The van der Waals surface area contributed by atoms with E-state index in [4.69, 9.17) is 9.47 Å². The van der Waals surface area contributed by atoms with E-state index in [9.17, 15) is 9.90 Å². The number of hydrogen-bond donors (Lipinski definition) is 1. The highest BCUT2D eigenvalue weighted by Crippen LogP contribution is 2.42. The van der Waals surface area contributed by atoms with Gasteiger partial charge >= 0.3 is 5.97 Å². The second-order valence-electron chi connectivity index (χ2n) is 13.3. The standard InChI is InChI=1S/C43H47N3O5/c1-5-33(27-40(47)48)35-25-38(42(51-4)39(26-35)50-3)46-30(2)23-37(41(46)34-19-13-8-14-20-34)43(49)45-22-21-44(28-32-17-11-7-12-18-32)29-36(45)24-31-15-9-6-10-16-31/h6-20,23,25-26,33,36H,5,21-22,24,27-29H2,1-4H3,(H,47,48)/t33?,36-/m1/s1. The van der Waals surface area contributed by atoms with E-state index >= 15 is 4.79 Å². The number of aryl methyl sites for hydroxylation is 1. The van der Waals surface area contributed by atoms with Crippen molar-refractivity contribution in [1.82, 2.24) is 14.4 Å². The molecule has 1 amide bonds. The minimum atomic E-state index is -0.859. The molecule has 1 aliphatic rings. The number of amides is 1. The summed E-state index contributed by atoms with van der Waals surface area (Å²) < 4.78 is 13.9. The van der Waals surface area contributed by atoms with Gasteiger partial charge in [0.25, 0.3) is 5.91 Å². The van der Waals surface area contributed by atoms with Crippen LogP contribution in [0.1, 0.15) is 58.4 Å². The number of rotatable bonds is 13. The maximum absolute atomic E-state index is 15.0. The van der Waals surface area contributed by atoms with Gasteiger partial charge in [0.05, 0.1) is 37.6 Å². The average molecular weight is 686 g/mol. The summed E-state index contributed by atoms with van der Waals surface area (Å²) in [5.41, 5.74) is 7.09. The van der Waals surface area contributed by atoms with Crippen molar-refractivity contribution < 1.29 is 24.2 Å². The summed E-state index contributed by atoms with van der Waals surface area (Å²) in [6.45, 7) is 6.93. The molecule has 8 nitrogen and oxygen atoms in total. The maximum Gasteiger partial charge on any atom is 0.303 e. The summed E-state index contributed by atoms with van der Waals surface area (Å²) in [7, 11) is 3.19. The highest BCUT2D eigenvalue weighted by molar-refractivity contribution is 6.01. The minimum absolute atomic E-state index is 0.00951. The summed E-state index contributed by atoms with van der Waals surface area (Å²) in [6, 6.07) is 36.7. The van der Waals surface area contributed by atoms with Crippen molar-refractivity contribution in [2.45, 2.75) is 51.6 Å². The van der Waals surface area contributed by atoms with Gasteiger partial charge in [0.15, 0.2) is 11.5 Å². The van der Waals surface area contributed by atoms with Crippen LogP contribution in [0.3, 0.4) is 0 Å². The second kappa shape index (κ2) is 16.1. The van der Waals surface area contributed by atoms with Gasteiger partial charge < -0.3 is 24.0 Å². The maximum atomic E-state index is 15.0. The van der Waals surface area contributed by atoms with Gasteiger partial charge in [-0.15, -0.1) is 0 Å². The average Bonchev–Trinajstić information content (AvgIpc) is 3.50. The Bertz CT molecular complexity index is 1940. The summed E-state index contributed by atoms with van der Waals surface area (Å²) >= 11 is 0. The third-order valence-corrected chi connectivity index (χ3v) is 9.96. The summed E-state index contributed by atoms with van der Waals surface area (Å²) in [6.07, 6.45) is 1.37. The SMILES string of the molecule is CCC(CC(=O)O)c1cc(OC)c(OC)c(-n2c(C)cc(C(=O)N3CCN(Cc4ccccc4)C[C@H]3Cc3ccccc3)c2-c2ccccc2)c1. The first-order valence-corrected chi connectivity index (χ1v) is 17.7. The number of hydrogen-bond acceptors (Lipinski definition) is 5. The van der Waals surface area contributed by atoms with Crippen molar-refractivity contribution in [3.8, 4) is 28.4 Å². The molecule has 1 aliphatic heterocycles. The molecule has 1 aromatic heterocycles. The van der Waals surface area contributed by atoms with E-state index < -0.39 is 5.97 Å². The smallest absolute Gasteiger partial charge is 0.303 e. The third kappa shape index (κ3) is 7.86. The van der Waals surface area contributed by atoms with Gasteiger partial charge in [-0.3, -0.25) is 14.5 Å². The highest BCUT2D eigenvalue weighted by atomic mass is 16.5. The van der Waals surface area contributed by atoms with E-state index in [2.05, 4.69) is 62.9 Å². The lowest BCUT2D eigenvalue weighted by Crippen LogP contribution is -2.55. The molecule has 0 spiro atoms. The number of carbonyl (C=O) groups excluding carboxylic acids is 1. The molecule has 1 N–H and O–H groups in total. The van der Waals surface area contributed by atoms with Crippen LogP contribution < -0.4 is 9.47 Å². The van der Waals surface area contributed by atoms with Gasteiger partial charge in [-0.25, -0.2) is 0 Å². The monoisotopic (exact) mass is 685 g/mol. The fourth-order valence-electron chi connectivity index (χ4n) is 7.46. The van der Waals surface area contributed by atoms with Crippen LogP contribution in [0.2, 0.25) is 0 Å². The number of benzene rings is 4. The molecule has 2 atom stereocenters. The normalized spacial score (nSPS) is 15.4. The number of methoxy groups -OCH3 is 2. The van der Waals surface area contributed by atoms with Gasteiger partial charge in [0.2, 0.25) is 0 Å². The van der Waals surface area contributed by atoms with Crippen LogP contribution in [0, 0.1) is 6.92 Å². The second-order valence-corrected chi connectivity index (χ2v) is 13.3. The molecular weight excluding hydrogens is 638 g/mol. The number of carboxylic acids is 1. The lowest BCUT2D eigenvalue weighted by molar-refractivity contribution is -0.137. The molecule has 2 heterocycles. The molecule has 8 heteroatoms. The molecule has 0 bridgehead atoms. The Morgan fingerprint density at radius 1 is 0.843 bits per heavy atom. The number of nitrogens with zero attached hydrogens (tertiary/aromatic N) is 3. The van der Waals surface area contributed by atoms with E-state index in [1.54, 1.807) is 14.2 Å². The number of ether oxygens (including phenoxy) is 2. The van der Waals surface area contributed by atoms with Crippen molar-refractivity contribution in [3.63, 3.8) is 0 Å². The van der Waals surface area contributed by atoms with Crippen LogP contribution in [-0.2, 0) is 17.8 Å². The van der Waals surface area contributed by atoms with E-state index in [0.29, 0.717) is 35.7 Å². The molecule has 4 aromatic carbocycles. The van der Waals surface area contributed by atoms with Crippen LogP contribution in [0.25, 0.3) is 16.9 Å². The topological polar surface area (TPSA) is 84.2 Å². The molecule has 51 heavy (non-hydrogen) atoms. The number of piperazine rings is 1. The van der Waals surface area contributed by atoms with Crippen LogP contribution in [0.4, 0.5) is 0 Å². The lowest BCUT2D eigenvalue weighted by atomic mass is 9.92. The van der Waals surface area contributed by atoms with Crippen molar-refractivity contribution in [2.24, 2.45) is 0 Å². The highest BCUT2D eigenvalue weighted by Gasteiger charge is 2.34. The first-order valence-electron chi connectivity index (χ1n) is 17.7. The van der Waals surface area contributed by atoms with Gasteiger partial charge in [0, 0.05) is 37.9 Å². The molecular formula is C43H47N3O5. The fraction of sp³-hybridized carbons (Fsp3) is 0.302.